The van der Waals surface area contributed by atoms with Gasteiger partial charge in [-0.1, -0.05) is 65.5 Å². The molecule has 0 radical (unpaired) electrons. The monoisotopic (exact) mass is 1230 g/mol. The van der Waals surface area contributed by atoms with Crippen molar-refractivity contribution in [2.45, 2.75) is 169 Å². The summed E-state index contributed by atoms with van der Waals surface area (Å²) in [4.78, 5) is 15.6. The molecule has 30 rings (SSSR count). The number of rotatable bonds is 0. The first-order chi connectivity index (χ1) is 45.3. The second-order valence-corrected chi connectivity index (χ2v) is 46.1. The first kappa shape index (κ1) is 51.5. The fourth-order valence-electron chi connectivity index (χ4n) is 50.3. The van der Waals surface area contributed by atoms with Crippen molar-refractivity contribution in [1.29, 1.82) is 0 Å². The van der Waals surface area contributed by atoms with Crippen LogP contribution in [0.4, 0.5) is 0 Å². The number of hydrogen-bond donors (Lipinski definition) is 0. The second-order valence-electron chi connectivity index (χ2n) is 46.1. The van der Waals surface area contributed by atoms with E-state index in [4.69, 9.17) is 6.58 Å². The van der Waals surface area contributed by atoms with E-state index < -0.39 is 0 Å². The van der Waals surface area contributed by atoms with Gasteiger partial charge in [0.05, 0.1) is 0 Å². The molecule has 1 nitrogen and oxygen atoms in total. The van der Waals surface area contributed by atoms with Gasteiger partial charge >= 0.3 is 0 Å². The molecule has 62 unspecified atom stereocenters. The minimum atomic E-state index is 0.492. The lowest BCUT2D eigenvalue weighted by Crippen LogP contribution is -2.83. The fourth-order valence-corrected chi connectivity index (χ4v) is 50.3. The smallest absolute Gasteiger partial charge is 0.139 e. The number of fused-ring (bicyclic) bond motifs is 10. The van der Waals surface area contributed by atoms with Crippen LogP contribution in [0.15, 0.2) is 12.2 Å². The Kier molecular flexibility index (Phi) is 8.89. The lowest BCUT2D eigenvalue weighted by molar-refractivity contribution is -0.402. The molecule has 0 amide bonds. The first-order valence-electron chi connectivity index (χ1n) is 44.5. The molecule has 0 heterocycles. The zero-order valence-corrected chi connectivity index (χ0v) is 57.5. The second kappa shape index (κ2) is 15.9. The summed E-state index contributed by atoms with van der Waals surface area (Å²) in [7, 11) is 0. The lowest BCUT2D eigenvalue weighted by Gasteiger charge is -2.87. The topological polar surface area (TPSA) is 17.1 Å². The van der Waals surface area contributed by atoms with Crippen LogP contribution in [0.25, 0.3) is 0 Å². The van der Waals surface area contributed by atoms with Gasteiger partial charge in [0.15, 0.2) is 0 Å². The quantitative estimate of drug-likeness (QED) is 0.221. The number of ketones is 1. The van der Waals surface area contributed by atoms with E-state index in [1.807, 2.05) is 5.57 Å². The van der Waals surface area contributed by atoms with E-state index >= 15 is 4.79 Å². The van der Waals surface area contributed by atoms with Gasteiger partial charge in [-0.2, -0.15) is 0 Å². The van der Waals surface area contributed by atoms with Gasteiger partial charge in [-0.15, -0.1) is 0 Å². The van der Waals surface area contributed by atoms with Crippen molar-refractivity contribution in [3.63, 3.8) is 0 Å². The van der Waals surface area contributed by atoms with Crippen LogP contribution in [0.5, 0.6) is 0 Å². The van der Waals surface area contributed by atoms with Gasteiger partial charge in [-0.05, 0) is 471 Å². The molecule has 0 spiro atoms. The van der Waals surface area contributed by atoms with E-state index in [0.29, 0.717) is 11.8 Å². The van der Waals surface area contributed by atoms with Crippen LogP contribution < -0.4 is 0 Å². The zero-order chi connectivity index (χ0) is 58.5. The average molecular weight is 1230 g/mol. The van der Waals surface area contributed by atoms with Gasteiger partial charge in [-0.25, -0.2) is 0 Å². The summed E-state index contributed by atoms with van der Waals surface area (Å²) in [5, 5.41) is 0. The van der Waals surface area contributed by atoms with Crippen LogP contribution in [0.1, 0.15) is 169 Å². The zero-order valence-electron chi connectivity index (χ0n) is 57.5. The van der Waals surface area contributed by atoms with E-state index in [9.17, 15) is 0 Å². The third-order valence-electron chi connectivity index (χ3n) is 48.3. The molecule has 30 aliphatic rings. The number of carbonyl (C=O) groups is 1. The van der Waals surface area contributed by atoms with Crippen LogP contribution in [0.2, 0.25) is 0 Å². The summed E-state index contributed by atoms with van der Waals surface area (Å²) in [6, 6.07) is 0. The SMILES string of the molecule is C=C1C2CCC3C4CCC(C)C5C6C(C)CCC7C8CC9C%10CCC%11C%12CCC%13C(=O)C%14CCC%15C%16CCC(C)C%17C%18C(C)CCC%19C%20CC%21C%22CCC%23C%24CCC1C1C2C3C2C(C45)C(C76)C3C8C(C9C%21C4C%10C%11C5C6C%12C%13C%14C%15C6C(C%16%17)C(C%19%18)C5C%204)C%22C%23C3C2C%241. The molecular weight excluding hydrogens is 1110 g/mol. The first-order valence-corrected chi connectivity index (χ1v) is 44.5. The van der Waals surface area contributed by atoms with Crippen molar-refractivity contribution < 1.29 is 4.79 Å². The summed E-state index contributed by atoms with van der Waals surface area (Å²) in [6.07, 6.45) is 35.7. The molecule has 0 aromatic carbocycles. The largest absolute Gasteiger partial charge is 0.299 e. The molecule has 30 aliphatic carbocycles. The van der Waals surface area contributed by atoms with Crippen molar-refractivity contribution in [2.24, 2.45) is 367 Å². The van der Waals surface area contributed by atoms with Crippen molar-refractivity contribution >= 4 is 5.78 Å². The van der Waals surface area contributed by atoms with Gasteiger partial charge in [0.2, 0.25) is 0 Å². The molecule has 30 saturated carbocycles. The minimum Gasteiger partial charge on any atom is -0.299 e. The van der Waals surface area contributed by atoms with Crippen molar-refractivity contribution in [3.05, 3.63) is 12.2 Å². The molecule has 490 valence electrons. The summed E-state index contributed by atoms with van der Waals surface area (Å²) in [6.45, 7) is 17.2. The summed E-state index contributed by atoms with van der Waals surface area (Å²) >= 11 is 0. The molecule has 0 aromatic rings. The lowest BCUT2D eigenvalue weighted by atomic mass is 9.17. The van der Waals surface area contributed by atoms with Gasteiger partial charge in [-0.3, -0.25) is 4.79 Å². The van der Waals surface area contributed by atoms with Crippen LogP contribution in [0, 0.1) is 367 Å². The summed E-state index contributed by atoms with van der Waals surface area (Å²) in [5.74, 6) is 66.6. The molecule has 0 aromatic heterocycles. The van der Waals surface area contributed by atoms with E-state index in [1.165, 1.54) is 25.7 Å². The van der Waals surface area contributed by atoms with Gasteiger partial charge in [0, 0.05) is 11.8 Å². The maximum Gasteiger partial charge on any atom is 0.139 e. The molecule has 92 heavy (non-hydrogen) atoms. The van der Waals surface area contributed by atoms with Crippen molar-refractivity contribution in [2.75, 3.05) is 0 Å². The van der Waals surface area contributed by atoms with E-state index in [-0.39, 0.29) is 0 Å². The highest BCUT2D eigenvalue weighted by Gasteiger charge is 2.89. The van der Waals surface area contributed by atoms with Crippen LogP contribution in [-0.2, 0) is 4.79 Å². The van der Waals surface area contributed by atoms with E-state index in [0.717, 1.165) is 361 Å². The Labute approximate surface area is 555 Å². The highest BCUT2D eigenvalue weighted by Crippen LogP contribution is 2.93. The Morgan fingerprint density at radius 3 is 0.620 bits per heavy atom. The molecule has 0 N–H and O–H groups in total. The van der Waals surface area contributed by atoms with Crippen molar-refractivity contribution in [3.8, 4) is 0 Å². The molecule has 0 bridgehead atoms. The van der Waals surface area contributed by atoms with Crippen LogP contribution in [0.3, 0.4) is 0 Å². The number of allylic oxidation sites excluding steroid dienone is 1. The maximum atomic E-state index is 15.6. The molecule has 0 saturated heterocycles. The molecule has 0 aliphatic heterocycles. The highest BCUT2D eigenvalue weighted by atomic mass is 16.1. The number of Topliss-reactive ketones (excluding diaryl/α,β-unsaturated/α-hetero) is 1. The molecule has 30 fully saturated rings. The Morgan fingerprint density at radius 2 is 0.348 bits per heavy atom. The predicted molar refractivity (Wildman–Crippen MR) is 355 cm³/mol. The molecule has 1 heteroatoms. The maximum absolute atomic E-state index is 15.6. The third-order valence-corrected chi connectivity index (χ3v) is 48.3. The number of carbonyl (C=O) groups excluding carboxylic acids is 1. The van der Waals surface area contributed by atoms with E-state index in [2.05, 4.69) is 27.7 Å². The predicted octanol–water partition coefficient (Wildman–Crippen LogP) is 18.4. The Bertz CT molecular complexity index is 3200. The van der Waals surface area contributed by atoms with Crippen LogP contribution >= 0.6 is 0 Å². The van der Waals surface area contributed by atoms with Gasteiger partial charge < -0.3 is 0 Å². The summed E-state index contributed by atoms with van der Waals surface area (Å²) in [5.41, 5.74) is 1.90. The summed E-state index contributed by atoms with van der Waals surface area (Å²) < 4.78 is 0. The average Bonchev–Trinajstić information content (AvgIpc) is 0.865. The Balaban J connectivity index is 0.654. The van der Waals surface area contributed by atoms with Gasteiger partial charge in [0.25, 0.3) is 0 Å². The number of hydrogen-bond acceptors (Lipinski definition) is 1. The fraction of sp³-hybridized carbons (Fsp3) is 0.967. The van der Waals surface area contributed by atoms with E-state index in [1.54, 1.807) is 116 Å². The normalized spacial score (nSPS) is 79.5. The Morgan fingerprint density at radius 1 is 0.185 bits per heavy atom. The van der Waals surface area contributed by atoms with Gasteiger partial charge in [0.1, 0.15) is 5.78 Å². The van der Waals surface area contributed by atoms with Crippen LogP contribution in [-0.4, -0.2) is 5.78 Å². The third kappa shape index (κ3) is 4.80. The highest BCUT2D eigenvalue weighted by molar-refractivity contribution is 5.87. The minimum absolute atomic E-state index is 0.492. The molecule has 62 atom stereocenters. The Hall–Kier alpha value is -0.590. The molecular formula is C91H120O. The standard InChI is InChI=1S/C91H120O/c1-28-6-10-35-37-16-14-33-32(5)34-15-17-38-39-18-20-45-49-27-52-44-13-9-31(4)56-54-29(2)7-11-36-41-22-24-47-71-67(41)87-80(60(36)54)82(62(44)56)90-76(52)78-70-46(21-19-40-42-23-25-48(91(47)92)72(71)68(42)88(87)86(90)66(40)70)50-26-51-43-12-8-30(3)55-53(28)59(35)79-81(61(43)55)89-75(51)77(73(50)74(49)78)69(45)65(39)85(89)84-64(38)58(34)57(33)63(37)83(79)84/h28-31,33-90H,5-27H2,1-4H3. The van der Waals surface area contributed by atoms with Crippen molar-refractivity contribution in [1.82, 2.24) is 0 Å².